The number of hydrogen-bond acceptors (Lipinski definition) is 2. The van der Waals surface area contributed by atoms with Crippen molar-refractivity contribution in [2.24, 2.45) is 0 Å². The number of carbonyl (C=O) groups is 1. The Balaban J connectivity index is 1.83. The number of nitrogens with zero attached hydrogens (tertiary/aromatic N) is 1. The van der Waals surface area contributed by atoms with E-state index in [1.807, 2.05) is 0 Å². The number of amides is 1. The molecule has 14 heavy (non-hydrogen) atoms. The fourth-order valence-electron chi connectivity index (χ4n) is 2.19. The van der Waals surface area contributed by atoms with Crippen LogP contribution in [-0.2, 0) is 4.79 Å². The smallest absolute Gasteiger partial charge is 0.239 e. The summed E-state index contributed by atoms with van der Waals surface area (Å²) in [7, 11) is 0. The van der Waals surface area contributed by atoms with E-state index < -0.39 is 0 Å². The highest BCUT2D eigenvalue weighted by molar-refractivity contribution is 5.82. The summed E-state index contributed by atoms with van der Waals surface area (Å²) < 4.78 is 0. The Bertz CT molecular complexity index is 193. The molecule has 2 fully saturated rings. The lowest BCUT2D eigenvalue weighted by atomic mass is 10.0. The monoisotopic (exact) mass is 196 g/mol. The Kier molecular flexibility index (Phi) is 3.40. The molecular weight excluding hydrogens is 176 g/mol. The van der Waals surface area contributed by atoms with Gasteiger partial charge in [0.25, 0.3) is 0 Å². The Labute approximate surface area is 85.8 Å². The lowest BCUT2D eigenvalue weighted by Gasteiger charge is -2.33. The fraction of sp³-hybridized carbons (Fsp3) is 0.909. The minimum atomic E-state index is 0.148. The molecule has 0 spiro atoms. The van der Waals surface area contributed by atoms with Crippen LogP contribution in [0.1, 0.15) is 38.5 Å². The first-order valence-electron chi connectivity index (χ1n) is 5.90. The molecule has 0 saturated carbocycles. The summed E-state index contributed by atoms with van der Waals surface area (Å²) >= 11 is 0. The highest BCUT2D eigenvalue weighted by Crippen LogP contribution is 2.13. The van der Waals surface area contributed by atoms with Gasteiger partial charge in [-0.3, -0.25) is 4.79 Å². The van der Waals surface area contributed by atoms with Crippen molar-refractivity contribution >= 4 is 5.91 Å². The maximum atomic E-state index is 11.9. The molecular formula is C11H20N2O. The molecule has 0 unspecified atom stereocenters. The van der Waals surface area contributed by atoms with Gasteiger partial charge in [0.1, 0.15) is 0 Å². The largest absolute Gasteiger partial charge is 0.341 e. The molecule has 2 heterocycles. The van der Waals surface area contributed by atoms with Crippen molar-refractivity contribution in [1.82, 2.24) is 10.2 Å². The Hall–Kier alpha value is -0.570. The molecule has 1 atom stereocenters. The number of carbonyl (C=O) groups excluding carboxylic acids is 1. The summed E-state index contributed by atoms with van der Waals surface area (Å²) in [6.45, 7) is 2.98. The maximum absolute atomic E-state index is 11.9. The summed E-state index contributed by atoms with van der Waals surface area (Å²) in [6.07, 6.45) is 7.36. The Morgan fingerprint density at radius 1 is 1.07 bits per heavy atom. The topological polar surface area (TPSA) is 32.3 Å². The summed E-state index contributed by atoms with van der Waals surface area (Å²) in [5.41, 5.74) is 0. The van der Waals surface area contributed by atoms with Crippen molar-refractivity contribution in [3.63, 3.8) is 0 Å². The van der Waals surface area contributed by atoms with E-state index in [-0.39, 0.29) is 6.04 Å². The highest BCUT2D eigenvalue weighted by Gasteiger charge is 2.28. The van der Waals surface area contributed by atoms with Gasteiger partial charge in [-0.15, -0.1) is 0 Å². The van der Waals surface area contributed by atoms with Gasteiger partial charge in [-0.25, -0.2) is 0 Å². The first kappa shape index (κ1) is 9.97. The van der Waals surface area contributed by atoms with Crippen LogP contribution < -0.4 is 5.32 Å². The molecule has 2 aliphatic heterocycles. The van der Waals surface area contributed by atoms with Crippen LogP contribution in [0.5, 0.6) is 0 Å². The molecule has 3 nitrogen and oxygen atoms in total. The summed E-state index contributed by atoms with van der Waals surface area (Å²) in [5, 5.41) is 3.19. The SMILES string of the molecule is O=C([C@H]1CCN1)N1CCCCCCC1. The fourth-order valence-corrected chi connectivity index (χ4v) is 2.19. The van der Waals surface area contributed by atoms with E-state index in [1.54, 1.807) is 0 Å². The van der Waals surface area contributed by atoms with Crippen molar-refractivity contribution in [3.8, 4) is 0 Å². The van der Waals surface area contributed by atoms with Gasteiger partial charge >= 0.3 is 0 Å². The van der Waals surface area contributed by atoms with Gasteiger partial charge in [0, 0.05) is 13.1 Å². The van der Waals surface area contributed by atoms with Crippen molar-refractivity contribution in [1.29, 1.82) is 0 Å². The van der Waals surface area contributed by atoms with Crippen LogP contribution in [0.15, 0.2) is 0 Å². The number of likely N-dealkylation sites (tertiary alicyclic amines) is 1. The molecule has 2 aliphatic rings. The van der Waals surface area contributed by atoms with E-state index >= 15 is 0 Å². The van der Waals surface area contributed by atoms with Crippen LogP contribution >= 0.6 is 0 Å². The predicted molar refractivity (Wildman–Crippen MR) is 56.1 cm³/mol. The molecule has 0 aromatic carbocycles. The first-order valence-corrected chi connectivity index (χ1v) is 5.90. The van der Waals surface area contributed by atoms with Crippen molar-refractivity contribution in [3.05, 3.63) is 0 Å². The number of nitrogens with one attached hydrogen (secondary N) is 1. The summed E-state index contributed by atoms with van der Waals surface area (Å²) in [5.74, 6) is 0.346. The zero-order valence-electron chi connectivity index (χ0n) is 8.80. The number of rotatable bonds is 1. The molecule has 0 aliphatic carbocycles. The molecule has 2 rings (SSSR count). The third kappa shape index (κ3) is 2.27. The lowest BCUT2D eigenvalue weighted by Crippen LogP contribution is -2.54. The van der Waals surface area contributed by atoms with E-state index in [1.165, 1.54) is 32.1 Å². The molecule has 2 saturated heterocycles. The van der Waals surface area contributed by atoms with Gasteiger partial charge < -0.3 is 10.2 Å². The molecule has 3 heteroatoms. The Morgan fingerprint density at radius 3 is 2.14 bits per heavy atom. The molecule has 0 aromatic heterocycles. The van der Waals surface area contributed by atoms with Crippen molar-refractivity contribution in [2.75, 3.05) is 19.6 Å². The van der Waals surface area contributed by atoms with Gasteiger partial charge in [-0.2, -0.15) is 0 Å². The molecule has 1 amide bonds. The lowest BCUT2D eigenvalue weighted by molar-refractivity contribution is -0.135. The minimum absolute atomic E-state index is 0.148. The standard InChI is InChI=1S/C11H20N2O/c14-11(10-6-7-12-10)13-8-4-2-1-3-5-9-13/h10,12H,1-9H2/t10-/m1/s1. The van der Waals surface area contributed by atoms with Gasteiger partial charge in [-0.1, -0.05) is 19.3 Å². The Morgan fingerprint density at radius 2 is 1.64 bits per heavy atom. The molecule has 0 bridgehead atoms. The summed E-state index contributed by atoms with van der Waals surface area (Å²) in [6, 6.07) is 0.148. The number of hydrogen-bond donors (Lipinski definition) is 1. The normalized spacial score (nSPS) is 28.9. The van der Waals surface area contributed by atoms with Crippen LogP contribution in [0.2, 0.25) is 0 Å². The van der Waals surface area contributed by atoms with Gasteiger partial charge in [0.05, 0.1) is 6.04 Å². The van der Waals surface area contributed by atoms with Crippen LogP contribution in [0.4, 0.5) is 0 Å². The van der Waals surface area contributed by atoms with Crippen molar-refractivity contribution in [2.45, 2.75) is 44.6 Å². The third-order valence-electron chi connectivity index (χ3n) is 3.29. The van der Waals surface area contributed by atoms with Gasteiger partial charge in [0.15, 0.2) is 0 Å². The van der Waals surface area contributed by atoms with Crippen LogP contribution in [0, 0.1) is 0 Å². The second-order valence-corrected chi connectivity index (χ2v) is 4.39. The maximum Gasteiger partial charge on any atom is 0.239 e. The predicted octanol–water partition coefficient (Wildman–Crippen LogP) is 1.14. The molecule has 80 valence electrons. The van der Waals surface area contributed by atoms with E-state index in [0.717, 1.165) is 26.1 Å². The van der Waals surface area contributed by atoms with Crippen LogP contribution in [0.3, 0.4) is 0 Å². The quantitative estimate of drug-likeness (QED) is 0.682. The summed E-state index contributed by atoms with van der Waals surface area (Å²) in [4.78, 5) is 14.0. The average molecular weight is 196 g/mol. The second kappa shape index (κ2) is 4.78. The minimum Gasteiger partial charge on any atom is -0.341 e. The van der Waals surface area contributed by atoms with Crippen molar-refractivity contribution < 1.29 is 4.79 Å². The van der Waals surface area contributed by atoms with Gasteiger partial charge in [-0.05, 0) is 25.8 Å². The average Bonchev–Trinajstić information content (AvgIpc) is 1.99. The van der Waals surface area contributed by atoms with Crippen LogP contribution in [-0.4, -0.2) is 36.5 Å². The van der Waals surface area contributed by atoms with Gasteiger partial charge in [0.2, 0.25) is 5.91 Å². The van der Waals surface area contributed by atoms with E-state index in [2.05, 4.69) is 10.2 Å². The second-order valence-electron chi connectivity index (χ2n) is 4.39. The van der Waals surface area contributed by atoms with E-state index in [4.69, 9.17) is 0 Å². The highest BCUT2D eigenvalue weighted by atomic mass is 16.2. The molecule has 0 aromatic rings. The van der Waals surface area contributed by atoms with E-state index in [0.29, 0.717) is 5.91 Å². The first-order chi connectivity index (χ1) is 6.88. The zero-order chi connectivity index (χ0) is 9.80. The third-order valence-corrected chi connectivity index (χ3v) is 3.29. The van der Waals surface area contributed by atoms with Crippen LogP contribution in [0.25, 0.3) is 0 Å². The van der Waals surface area contributed by atoms with E-state index in [9.17, 15) is 4.79 Å². The molecule has 1 N–H and O–H groups in total. The zero-order valence-corrected chi connectivity index (χ0v) is 8.80. The molecule has 0 radical (unpaired) electrons.